The number of carbonyl (C=O) groups is 1. The van der Waals surface area contributed by atoms with Crippen molar-refractivity contribution < 1.29 is 4.79 Å². The summed E-state index contributed by atoms with van der Waals surface area (Å²) in [7, 11) is 0. The number of rotatable bonds is 3. The highest BCUT2D eigenvalue weighted by Gasteiger charge is 2.04. The van der Waals surface area contributed by atoms with Crippen LogP contribution in [0.25, 0.3) is 0 Å². The predicted octanol–water partition coefficient (Wildman–Crippen LogP) is 4.39. The summed E-state index contributed by atoms with van der Waals surface area (Å²) >= 11 is 6.74. The average molecular weight is 369 g/mol. The molecule has 0 atom stereocenters. The quantitative estimate of drug-likeness (QED) is 0.854. The molecule has 18 heavy (non-hydrogen) atoms. The van der Waals surface area contributed by atoms with Crippen LogP contribution in [-0.2, 0) is 11.2 Å². The zero-order chi connectivity index (χ0) is 13.0. The predicted molar refractivity (Wildman–Crippen MR) is 80.6 cm³/mol. The van der Waals surface area contributed by atoms with Crippen molar-refractivity contribution in [2.75, 3.05) is 5.32 Å². The second-order valence-electron chi connectivity index (χ2n) is 3.86. The second kappa shape index (κ2) is 6.16. The van der Waals surface area contributed by atoms with Crippen molar-refractivity contribution in [3.63, 3.8) is 0 Å². The van der Waals surface area contributed by atoms with Gasteiger partial charge in [0.05, 0.1) is 6.42 Å². The number of carbonyl (C=O) groups excluding carboxylic acids is 1. The van der Waals surface area contributed by atoms with E-state index in [2.05, 4.69) is 37.2 Å². The summed E-state index contributed by atoms with van der Waals surface area (Å²) in [4.78, 5) is 11.8. The lowest BCUT2D eigenvalue weighted by Gasteiger charge is -2.05. The lowest BCUT2D eigenvalue weighted by atomic mass is 10.1. The Hall–Kier alpha value is -1.13. The van der Waals surface area contributed by atoms with Gasteiger partial charge in [0.2, 0.25) is 5.91 Å². The number of amides is 1. The number of halogens is 2. The molecular weight excluding hydrogens is 358 g/mol. The summed E-state index contributed by atoms with van der Waals surface area (Å²) in [5.74, 6) is -0.0181. The van der Waals surface area contributed by atoms with Crippen molar-refractivity contribution in [3.8, 4) is 0 Å². The number of nitrogens with one attached hydrogen (secondary N) is 1. The number of anilines is 1. The van der Waals surface area contributed by atoms with Gasteiger partial charge in [-0.3, -0.25) is 4.79 Å². The van der Waals surface area contributed by atoms with Crippen LogP contribution in [0.15, 0.2) is 57.5 Å². The average Bonchev–Trinajstić information content (AvgIpc) is 2.32. The molecule has 0 saturated heterocycles. The van der Waals surface area contributed by atoms with Gasteiger partial charge < -0.3 is 5.32 Å². The van der Waals surface area contributed by atoms with Gasteiger partial charge in [-0.15, -0.1) is 0 Å². The van der Waals surface area contributed by atoms with Crippen molar-refractivity contribution in [1.82, 2.24) is 0 Å². The third kappa shape index (κ3) is 3.96. The normalized spacial score (nSPS) is 10.1. The molecule has 0 saturated carbocycles. The Morgan fingerprint density at radius 3 is 2.39 bits per heavy atom. The van der Waals surface area contributed by atoms with E-state index >= 15 is 0 Å². The first kappa shape index (κ1) is 13.3. The molecule has 0 aliphatic rings. The molecule has 2 rings (SSSR count). The fourth-order valence-electron chi connectivity index (χ4n) is 1.56. The number of hydrogen-bond acceptors (Lipinski definition) is 1. The van der Waals surface area contributed by atoms with Crippen LogP contribution >= 0.6 is 31.9 Å². The Bertz CT molecular complexity index is 552. The molecule has 1 amide bonds. The lowest BCUT2D eigenvalue weighted by molar-refractivity contribution is -0.115. The van der Waals surface area contributed by atoms with Gasteiger partial charge in [-0.25, -0.2) is 0 Å². The molecule has 92 valence electrons. The van der Waals surface area contributed by atoms with Crippen LogP contribution < -0.4 is 5.32 Å². The maximum Gasteiger partial charge on any atom is 0.228 e. The van der Waals surface area contributed by atoms with E-state index in [0.29, 0.717) is 6.42 Å². The first-order valence-electron chi connectivity index (χ1n) is 5.43. The van der Waals surface area contributed by atoms with E-state index in [-0.39, 0.29) is 5.91 Å². The minimum Gasteiger partial charge on any atom is -0.326 e. The number of benzene rings is 2. The van der Waals surface area contributed by atoms with E-state index in [4.69, 9.17) is 0 Å². The van der Waals surface area contributed by atoms with Gasteiger partial charge in [-0.05, 0) is 35.9 Å². The standard InChI is InChI=1S/C14H11Br2NO/c15-11-6-4-10(5-7-11)8-14(18)17-13-3-1-2-12(16)9-13/h1-7,9H,8H2,(H,17,18). The van der Waals surface area contributed by atoms with Gasteiger partial charge in [0.15, 0.2) is 0 Å². The maximum absolute atomic E-state index is 11.8. The molecular formula is C14H11Br2NO. The second-order valence-corrected chi connectivity index (χ2v) is 5.69. The third-order valence-electron chi connectivity index (χ3n) is 2.39. The highest BCUT2D eigenvalue weighted by atomic mass is 79.9. The van der Waals surface area contributed by atoms with Crippen molar-refractivity contribution in [3.05, 3.63) is 63.0 Å². The fraction of sp³-hybridized carbons (Fsp3) is 0.0714. The van der Waals surface area contributed by atoms with Crippen LogP contribution in [0.1, 0.15) is 5.56 Å². The van der Waals surface area contributed by atoms with Crippen molar-refractivity contribution >= 4 is 43.5 Å². The molecule has 2 nitrogen and oxygen atoms in total. The Morgan fingerprint density at radius 2 is 1.72 bits per heavy atom. The first-order valence-corrected chi connectivity index (χ1v) is 7.02. The highest BCUT2D eigenvalue weighted by molar-refractivity contribution is 9.10. The van der Waals surface area contributed by atoms with E-state index in [1.54, 1.807) is 0 Å². The van der Waals surface area contributed by atoms with Gasteiger partial charge in [-0.2, -0.15) is 0 Å². The van der Waals surface area contributed by atoms with E-state index in [9.17, 15) is 4.79 Å². The maximum atomic E-state index is 11.8. The molecule has 0 bridgehead atoms. The molecule has 4 heteroatoms. The topological polar surface area (TPSA) is 29.1 Å². The summed E-state index contributed by atoms with van der Waals surface area (Å²) in [6.45, 7) is 0. The summed E-state index contributed by atoms with van der Waals surface area (Å²) in [6.07, 6.45) is 0.375. The monoisotopic (exact) mass is 367 g/mol. The van der Waals surface area contributed by atoms with Crippen molar-refractivity contribution in [2.24, 2.45) is 0 Å². The summed E-state index contributed by atoms with van der Waals surface area (Å²) in [5, 5.41) is 2.87. The molecule has 0 aliphatic carbocycles. The third-order valence-corrected chi connectivity index (χ3v) is 3.41. The first-order chi connectivity index (χ1) is 8.63. The zero-order valence-electron chi connectivity index (χ0n) is 9.49. The molecule has 0 fully saturated rings. The molecule has 0 aromatic heterocycles. The Kier molecular flexibility index (Phi) is 4.55. The summed E-state index contributed by atoms with van der Waals surface area (Å²) < 4.78 is 1.96. The van der Waals surface area contributed by atoms with Crippen LogP contribution in [0.4, 0.5) is 5.69 Å². The molecule has 0 unspecified atom stereocenters. The minimum atomic E-state index is -0.0181. The summed E-state index contributed by atoms with van der Waals surface area (Å²) in [5.41, 5.74) is 1.79. The van der Waals surface area contributed by atoms with Crippen LogP contribution in [0, 0.1) is 0 Å². The molecule has 0 spiro atoms. The van der Waals surface area contributed by atoms with E-state index in [1.807, 2.05) is 48.5 Å². The van der Waals surface area contributed by atoms with Crippen molar-refractivity contribution in [2.45, 2.75) is 6.42 Å². The molecule has 0 radical (unpaired) electrons. The van der Waals surface area contributed by atoms with Crippen molar-refractivity contribution in [1.29, 1.82) is 0 Å². The summed E-state index contributed by atoms with van der Waals surface area (Å²) in [6, 6.07) is 15.3. The van der Waals surface area contributed by atoms with Crippen LogP contribution in [0.2, 0.25) is 0 Å². The Morgan fingerprint density at radius 1 is 1.00 bits per heavy atom. The van der Waals surface area contributed by atoms with Crippen LogP contribution in [-0.4, -0.2) is 5.91 Å². The van der Waals surface area contributed by atoms with E-state index in [1.165, 1.54) is 0 Å². The lowest BCUT2D eigenvalue weighted by Crippen LogP contribution is -2.14. The Labute approximate surface area is 123 Å². The zero-order valence-corrected chi connectivity index (χ0v) is 12.7. The van der Waals surface area contributed by atoms with Gasteiger partial charge in [-0.1, -0.05) is 50.1 Å². The van der Waals surface area contributed by atoms with Gasteiger partial charge in [0, 0.05) is 14.6 Å². The smallest absolute Gasteiger partial charge is 0.228 e. The minimum absolute atomic E-state index is 0.0181. The molecule has 0 aliphatic heterocycles. The van der Waals surface area contributed by atoms with Crippen LogP contribution in [0.5, 0.6) is 0 Å². The largest absolute Gasteiger partial charge is 0.326 e. The van der Waals surface area contributed by atoms with Gasteiger partial charge in [0.1, 0.15) is 0 Å². The fourth-order valence-corrected chi connectivity index (χ4v) is 2.22. The van der Waals surface area contributed by atoms with E-state index < -0.39 is 0 Å². The Balaban J connectivity index is 1.98. The van der Waals surface area contributed by atoms with Crippen LogP contribution in [0.3, 0.4) is 0 Å². The molecule has 1 N–H and O–H groups in total. The van der Waals surface area contributed by atoms with Gasteiger partial charge >= 0.3 is 0 Å². The molecule has 0 heterocycles. The highest BCUT2D eigenvalue weighted by Crippen LogP contribution is 2.16. The molecule has 2 aromatic carbocycles. The molecule has 2 aromatic rings. The van der Waals surface area contributed by atoms with Gasteiger partial charge in [0.25, 0.3) is 0 Å². The number of hydrogen-bond donors (Lipinski definition) is 1. The van der Waals surface area contributed by atoms with E-state index in [0.717, 1.165) is 20.2 Å². The SMILES string of the molecule is O=C(Cc1ccc(Br)cc1)Nc1cccc(Br)c1.